The minimum atomic E-state index is -2.08. The standard InChI is InChI=1S/C25H34O6/c1-7-12(2)22(29)31-21-13(3)10-24-14(4)8-17-18(23(17,5)6)16(20(24)28)9-15(11-26)19(27)25(21,24)30/h7,9-10,14,16-19,21,26-27,30H,8,11H2,1-6H3/t14-,16+,17-,18+,19-,21+,24+,25+/m1/s1. The number of carbonyl (C=O) groups is 2. The van der Waals surface area contributed by atoms with E-state index >= 15 is 0 Å². The van der Waals surface area contributed by atoms with Gasteiger partial charge in [-0.3, -0.25) is 4.79 Å². The van der Waals surface area contributed by atoms with Crippen LogP contribution in [0.4, 0.5) is 0 Å². The summed E-state index contributed by atoms with van der Waals surface area (Å²) in [4.78, 5) is 26.8. The highest BCUT2D eigenvalue weighted by Crippen LogP contribution is 2.71. The second kappa shape index (κ2) is 6.87. The summed E-state index contributed by atoms with van der Waals surface area (Å²) in [5.74, 6) is -1.13. The van der Waals surface area contributed by atoms with E-state index in [0.717, 1.165) is 6.42 Å². The lowest BCUT2D eigenvalue weighted by Crippen LogP contribution is -2.65. The number of esters is 1. The normalized spacial score (nSPS) is 45.6. The summed E-state index contributed by atoms with van der Waals surface area (Å²) in [6.07, 6.45) is 3.04. The van der Waals surface area contributed by atoms with E-state index in [1.165, 1.54) is 0 Å². The van der Waals surface area contributed by atoms with E-state index in [1.54, 1.807) is 39.0 Å². The number of aliphatic hydroxyl groups excluding tert-OH is 2. The smallest absolute Gasteiger partial charge is 0.334 e. The molecule has 170 valence electrons. The summed E-state index contributed by atoms with van der Waals surface area (Å²) in [5, 5.41) is 33.7. The molecule has 1 spiro atoms. The van der Waals surface area contributed by atoms with Crippen LogP contribution < -0.4 is 0 Å². The maximum Gasteiger partial charge on any atom is 0.334 e. The van der Waals surface area contributed by atoms with Gasteiger partial charge in [-0.2, -0.15) is 0 Å². The van der Waals surface area contributed by atoms with Crippen molar-refractivity contribution in [2.75, 3.05) is 6.61 Å². The highest BCUT2D eigenvalue weighted by molar-refractivity contribution is 5.96. The molecule has 8 atom stereocenters. The van der Waals surface area contributed by atoms with Crippen molar-refractivity contribution < 1.29 is 29.6 Å². The molecule has 2 bridgehead atoms. The number of rotatable bonds is 3. The molecule has 31 heavy (non-hydrogen) atoms. The van der Waals surface area contributed by atoms with Gasteiger partial charge in [0, 0.05) is 11.5 Å². The van der Waals surface area contributed by atoms with Crippen LogP contribution in [0, 0.1) is 34.5 Å². The molecule has 0 saturated heterocycles. The maximum absolute atomic E-state index is 14.2. The van der Waals surface area contributed by atoms with Gasteiger partial charge in [-0.15, -0.1) is 0 Å². The molecule has 0 heterocycles. The van der Waals surface area contributed by atoms with Gasteiger partial charge in [0.2, 0.25) is 0 Å². The third-order valence-electron chi connectivity index (χ3n) is 8.88. The van der Waals surface area contributed by atoms with Crippen molar-refractivity contribution in [3.05, 3.63) is 34.9 Å². The third-order valence-corrected chi connectivity index (χ3v) is 8.88. The number of ether oxygens (including phenoxy) is 1. The summed E-state index contributed by atoms with van der Waals surface area (Å²) in [6, 6.07) is 0. The highest BCUT2D eigenvalue weighted by Gasteiger charge is 2.76. The molecule has 0 unspecified atom stereocenters. The summed E-state index contributed by atoms with van der Waals surface area (Å²) >= 11 is 0. The van der Waals surface area contributed by atoms with Crippen LogP contribution in [0.15, 0.2) is 34.9 Å². The molecule has 6 nitrogen and oxygen atoms in total. The van der Waals surface area contributed by atoms with Crippen LogP contribution in [0.2, 0.25) is 0 Å². The Morgan fingerprint density at radius 1 is 1.35 bits per heavy atom. The van der Waals surface area contributed by atoms with Crippen molar-refractivity contribution in [3.63, 3.8) is 0 Å². The lowest BCUT2D eigenvalue weighted by molar-refractivity contribution is -0.201. The van der Waals surface area contributed by atoms with Crippen molar-refractivity contribution in [1.29, 1.82) is 0 Å². The number of aliphatic hydroxyl groups is 3. The van der Waals surface area contributed by atoms with Gasteiger partial charge in [-0.1, -0.05) is 39.0 Å². The summed E-state index contributed by atoms with van der Waals surface area (Å²) in [6.45, 7) is 10.8. The minimum absolute atomic E-state index is 0.0209. The Morgan fingerprint density at radius 2 is 2.00 bits per heavy atom. The molecule has 2 fully saturated rings. The molecule has 4 rings (SSSR count). The Hall–Kier alpha value is -1.76. The fourth-order valence-electron chi connectivity index (χ4n) is 6.91. The molecule has 0 amide bonds. The lowest BCUT2D eigenvalue weighted by Gasteiger charge is -2.48. The second-order valence-corrected chi connectivity index (χ2v) is 10.6. The first-order chi connectivity index (χ1) is 14.4. The molecule has 0 aromatic carbocycles. The van der Waals surface area contributed by atoms with Crippen molar-refractivity contribution in [2.45, 2.75) is 65.8 Å². The number of fused-ring (bicyclic) bond motifs is 3. The predicted molar refractivity (Wildman–Crippen MR) is 115 cm³/mol. The van der Waals surface area contributed by atoms with E-state index in [-0.39, 0.29) is 28.6 Å². The van der Waals surface area contributed by atoms with Crippen LogP contribution in [0.3, 0.4) is 0 Å². The zero-order valence-corrected chi connectivity index (χ0v) is 19.2. The third kappa shape index (κ3) is 2.61. The number of carbonyl (C=O) groups excluding carboxylic acids is 2. The molecule has 0 aliphatic heterocycles. The van der Waals surface area contributed by atoms with Crippen LogP contribution in [0.5, 0.6) is 0 Å². The molecular weight excluding hydrogens is 396 g/mol. The van der Waals surface area contributed by atoms with Gasteiger partial charge in [-0.05, 0) is 61.5 Å². The molecule has 2 saturated carbocycles. The Bertz CT molecular complexity index is 926. The van der Waals surface area contributed by atoms with Crippen LogP contribution in [0.1, 0.15) is 48.0 Å². The number of Topliss-reactive ketones (excluding diaryl/α,β-unsaturated/α-hetero) is 1. The van der Waals surface area contributed by atoms with Gasteiger partial charge in [0.1, 0.15) is 6.10 Å². The van der Waals surface area contributed by atoms with E-state index < -0.39 is 41.7 Å². The van der Waals surface area contributed by atoms with E-state index in [4.69, 9.17) is 4.74 Å². The summed E-state index contributed by atoms with van der Waals surface area (Å²) in [7, 11) is 0. The van der Waals surface area contributed by atoms with Gasteiger partial charge >= 0.3 is 5.97 Å². The Kier molecular flexibility index (Phi) is 4.97. The van der Waals surface area contributed by atoms with Gasteiger partial charge in [0.05, 0.1) is 12.0 Å². The lowest BCUT2D eigenvalue weighted by atomic mass is 9.59. The van der Waals surface area contributed by atoms with Crippen LogP contribution in [-0.4, -0.2) is 51.5 Å². The first kappa shape index (κ1) is 22.4. The number of hydrogen-bond acceptors (Lipinski definition) is 6. The first-order valence-corrected chi connectivity index (χ1v) is 11.2. The average Bonchev–Trinajstić information content (AvgIpc) is 3.21. The molecule has 4 aliphatic rings. The monoisotopic (exact) mass is 430 g/mol. The van der Waals surface area contributed by atoms with Gasteiger partial charge in [0.25, 0.3) is 0 Å². The van der Waals surface area contributed by atoms with Crippen molar-refractivity contribution in [1.82, 2.24) is 0 Å². The van der Waals surface area contributed by atoms with Crippen LogP contribution >= 0.6 is 0 Å². The van der Waals surface area contributed by atoms with Crippen LogP contribution in [-0.2, 0) is 14.3 Å². The van der Waals surface area contributed by atoms with Gasteiger partial charge in [-0.25, -0.2) is 4.79 Å². The molecule has 4 aliphatic carbocycles. The van der Waals surface area contributed by atoms with Crippen LogP contribution in [0.25, 0.3) is 0 Å². The predicted octanol–water partition coefficient (Wildman–Crippen LogP) is 2.33. The van der Waals surface area contributed by atoms with Crippen molar-refractivity contribution in [3.8, 4) is 0 Å². The summed E-state index contributed by atoms with van der Waals surface area (Å²) < 4.78 is 5.72. The molecule has 0 radical (unpaired) electrons. The average molecular weight is 431 g/mol. The number of ketones is 1. The number of allylic oxidation sites excluding steroid dienone is 2. The maximum atomic E-state index is 14.2. The fourth-order valence-corrected chi connectivity index (χ4v) is 6.91. The van der Waals surface area contributed by atoms with E-state index in [0.29, 0.717) is 17.1 Å². The topological polar surface area (TPSA) is 104 Å². The van der Waals surface area contributed by atoms with Gasteiger partial charge in [0.15, 0.2) is 17.5 Å². The molecule has 6 heteroatoms. The SMILES string of the molecule is CC=C(C)C(=O)O[C@H]1C(C)=C[C@]23C(=O)[C@@H](C=C(CO)[C@@H](O)[C@]12O)[C@H]1[C@@H](C[C@H]3C)C1(C)C. The van der Waals surface area contributed by atoms with E-state index in [1.807, 2.05) is 6.92 Å². The zero-order chi connectivity index (χ0) is 23.1. The minimum Gasteiger partial charge on any atom is -0.451 e. The molecule has 3 N–H and O–H groups in total. The second-order valence-electron chi connectivity index (χ2n) is 10.6. The summed E-state index contributed by atoms with van der Waals surface area (Å²) in [5.41, 5.74) is -2.36. The van der Waals surface area contributed by atoms with Gasteiger partial charge < -0.3 is 20.1 Å². The molecule has 0 aromatic heterocycles. The Morgan fingerprint density at radius 3 is 2.58 bits per heavy atom. The van der Waals surface area contributed by atoms with Crippen molar-refractivity contribution in [2.24, 2.45) is 34.5 Å². The highest BCUT2D eigenvalue weighted by atomic mass is 16.6. The quantitative estimate of drug-likeness (QED) is 0.361. The molecule has 0 aromatic rings. The first-order valence-electron chi connectivity index (χ1n) is 11.2. The Balaban J connectivity index is 1.91. The number of hydrogen-bond donors (Lipinski definition) is 3. The van der Waals surface area contributed by atoms with E-state index in [2.05, 4.69) is 13.8 Å². The Labute approximate surface area is 183 Å². The largest absolute Gasteiger partial charge is 0.451 e. The molecular formula is C25H34O6. The fraction of sp³-hybridized carbons (Fsp3) is 0.680. The van der Waals surface area contributed by atoms with Crippen molar-refractivity contribution >= 4 is 11.8 Å². The zero-order valence-electron chi connectivity index (χ0n) is 19.2. The van der Waals surface area contributed by atoms with E-state index in [9.17, 15) is 24.9 Å².